The number of anilines is 1. The van der Waals surface area contributed by atoms with Crippen LogP contribution < -0.4 is 5.73 Å². The highest BCUT2D eigenvalue weighted by atomic mass is 19.3. The van der Waals surface area contributed by atoms with Crippen LogP contribution in [0.4, 0.5) is 18.9 Å². The van der Waals surface area contributed by atoms with Crippen LogP contribution in [-0.4, -0.2) is 9.78 Å². The van der Waals surface area contributed by atoms with Crippen molar-refractivity contribution >= 4 is 5.69 Å². The molecular weight excluding hydrogens is 231 g/mol. The lowest BCUT2D eigenvalue weighted by atomic mass is 10.1. The van der Waals surface area contributed by atoms with Crippen LogP contribution in [-0.2, 0) is 7.05 Å². The van der Waals surface area contributed by atoms with E-state index in [0.29, 0.717) is 16.9 Å². The standard InChI is InChI=1S/C11H10F3N3/c1-17-10(9(15)5-16-17)6-2-3-7(11(13)14)8(12)4-6/h2-5,11H,15H2,1H3. The number of nitrogens with zero attached hydrogens (tertiary/aromatic N) is 2. The third-order valence-corrected chi connectivity index (χ3v) is 2.48. The van der Waals surface area contributed by atoms with Gasteiger partial charge in [0.2, 0.25) is 0 Å². The fraction of sp³-hybridized carbons (Fsp3) is 0.182. The lowest BCUT2D eigenvalue weighted by molar-refractivity contribution is 0.146. The fourth-order valence-corrected chi connectivity index (χ4v) is 1.66. The van der Waals surface area contributed by atoms with Gasteiger partial charge < -0.3 is 5.73 Å². The second-order valence-corrected chi connectivity index (χ2v) is 3.61. The third kappa shape index (κ3) is 1.98. The summed E-state index contributed by atoms with van der Waals surface area (Å²) in [5, 5.41) is 3.90. The first-order valence-electron chi connectivity index (χ1n) is 4.86. The largest absolute Gasteiger partial charge is 0.396 e. The summed E-state index contributed by atoms with van der Waals surface area (Å²) < 4.78 is 39.6. The molecule has 6 heteroatoms. The van der Waals surface area contributed by atoms with E-state index in [1.54, 1.807) is 7.05 Å². The Bertz CT molecular complexity index is 529. The predicted octanol–water partition coefficient (Wildman–Crippen LogP) is 2.75. The molecule has 0 aliphatic rings. The Kier molecular flexibility index (Phi) is 2.79. The molecule has 0 spiro atoms. The molecule has 1 heterocycles. The molecule has 0 saturated carbocycles. The zero-order valence-electron chi connectivity index (χ0n) is 8.99. The van der Waals surface area contributed by atoms with Crippen molar-refractivity contribution in [2.24, 2.45) is 7.05 Å². The first kappa shape index (κ1) is 11.5. The minimum absolute atomic E-state index is 0.372. The molecule has 0 bridgehead atoms. The Morgan fingerprint density at radius 1 is 1.35 bits per heavy atom. The van der Waals surface area contributed by atoms with E-state index in [2.05, 4.69) is 5.10 Å². The van der Waals surface area contributed by atoms with Gasteiger partial charge in [0.05, 0.1) is 23.1 Å². The van der Waals surface area contributed by atoms with Crippen LogP contribution in [0.2, 0.25) is 0 Å². The van der Waals surface area contributed by atoms with Gasteiger partial charge in [-0.2, -0.15) is 5.10 Å². The van der Waals surface area contributed by atoms with Crippen molar-refractivity contribution in [3.8, 4) is 11.3 Å². The Hall–Kier alpha value is -1.98. The summed E-state index contributed by atoms with van der Waals surface area (Å²) in [7, 11) is 1.64. The molecule has 2 N–H and O–H groups in total. The van der Waals surface area contributed by atoms with Crippen molar-refractivity contribution < 1.29 is 13.2 Å². The number of aryl methyl sites for hydroxylation is 1. The van der Waals surface area contributed by atoms with E-state index in [1.165, 1.54) is 16.9 Å². The van der Waals surface area contributed by atoms with Crippen molar-refractivity contribution in [1.82, 2.24) is 9.78 Å². The lowest BCUT2D eigenvalue weighted by Gasteiger charge is -2.07. The van der Waals surface area contributed by atoms with E-state index in [0.717, 1.165) is 12.1 Å². The third-order valence-electron chi connectivity index (χ3n) is 2.48. The molecule has 0 radical (unpaired) electrons. The fourth-order valence-electron chi connectivity index (χ4n) is 1.66. The number of halogens is 3. The highest BCUT2D eigenvalue weighted by molar-refractivity contribution is 5.72. The summed E-state index contributed by atoms with van der Waals surface area (Å²) in [6.45, 7) is 0. The van der Waals surface area contributed by atoms with Crippen LogP contribution >= 0.6 is 0 Å². The van der Waals surface area contributed by atoms with Gasteiger partial charge in [-0.1, -0.05) is 6.07 Å². The first-order valence-corrected chi connectivity index (χ1v) is 4.86. The molecule has 0 aliphatic heterocycles. The summed E-state index contributed by atoms with van der Waals surface area (Å²) in [6, 6.07) is 3.49. The SMILES string of the molecule is Cn1ncc(N)c1-c1ccc(C(F)F)c(F)c1. The average Bonchev–Trinajstić information content (AvgIpc) is 2.58. The molecule has 3 nitrogen and oxygen atoms in total. The molecule has 1 aromatic carbocycles. The highest BCUT2D eigenvalue weighted by Crippen LogP contribution is 2.29. The van der Waals surface area contributed by atoms with Crippen LogP contribution in [0.3, 0.4) is 0 Å². The van der Waals surface area contributed by atoms with Gasteiger partial charge in [-0.05, 0) is 12.1 Å². The second-order valence-electron chi connectivity index (χ2n) is 3.61. The van der Waals surface area contributed by atoms with Gasteiger partial charge in [0, 0.05) is 12.6 Å². The van der Waals surface area contributed by atoms with Gasteiger partial charge in [0.15, 0.2) is 0 Å². The zero-order chi connectivity index (χ0) is 12.6. The summed E-state index contributed by atoms with van der Waals surface area (Å²) in [5.74, 6) is -0.946. The van der Waals surface area contributed by atoms with Gasteiger partial charge in [-0.3, -0.25) is 4.68 Å². The minimum Gasteiger partial charge on any atom is -0.396 e. The van der Waals surface area contributed by atoms with Gasteiger partial charge in [0.1, 0.15) is 5.82 Å². The molecule has 0 aliphatic carbocycles. The highest BCUT2D eigenvalue weighted by Gasteiger charge is 2.16. The topological polar surface area (TPSA) is 43.8 Å². The van der Waals surface area contributed by atoms with Crippen LogP contribution in [0, 0.1) is 5.82 Å². The Balaban J connectivity index is 2.52. The molecule has 0 saturated heterocycles. The molecule has 0 fully saturated rings. The predicted molar refractivity (Wildman–Crippen MR) is 58.0 cm³/mol. The zero-order valence-corrected chi connectivity index (χ0v) is 8.99. The number of alkyl halides is 2. The minimum atomic E-state index is -2.83. The Morgan fingerprint density at radius 2 is 2.06 bits per heavy atom. The average molecular weight is 241 g/mol. The number of hydrogen-bond acceptors (Lipinski definition) is 2. The molecule has 90 valence electrons. The van der Waals surface area contributed by atoms with Crippen LogP contribution in [0.5, 0.6) is 0 Å². The molecule has 0 amide bonds. The second kappa shape index (κ2) is 4.12. The van der Waals surface area contributed by atoms with Crippen molar-refractivity contribution in [3.63, 3.8) is 0 Å². The summed E-state index contributed by atoms with van der Waals surface area (Å²) >= 11 is 0. The number of rotatable bonds is 2. The normalized spacial score (nSPS) is 11.1. The van der Waals surface area contributed by atoms with Gasteiger partial charge in [-0.15, -0.1) is 0 Å². The first-order chi connectivity index (χ1) is 8.00. The molecule has 1 aromatic heterocycles. The van der Waals surface area contributed by atoms with Crippen molar-refractivity contribution in [3.05, 3.63) is 35.8 Å². The van der Waals surface area contributed by atoms with E-state index in [9.17, 15) is 13.2 Å². The Morgan fingerprint density at radius 3 is 2.53 bits per heavy atom. The maximum Gasteiger partial charge on any atom is 0.266 e. The number of nitrogens with two attached hydrogens (primary N) is 1. The van der Waals surface area contributed by atoms with Crippen LogP contribution in [0.15, 0.2) is 24.4 Å². The van der Waals surface area contributed by atoms with Crippen LogP contribution in [0.25, 0.3) is 11.3 Å². The van der Waals surface area contributed by atoms with E-state index in [-0.39, 0.29) is 0 Å². The number of benzene rings is 1. The molecular formula is C11H10F3N3. The van der Waals surface area contributed by atoms with Gasteiger partial charge >= 0.3 is 0 Å². The van der Waals surface area contributed by atoms with E-state index >= 15 is 0 Å². The number of aromatic nitrogens is 2. The van der Waals surface area contributed by atoms with Crippen molar-refractivity contribution in [2.75, 3.05) is 5.73 Å². The summed E-state index contributed by atoms with van der Waals surface area (Å²) in [5.41, 5.74) is 6.35. The molecule has 2 rings (SSSR count). The quantitative estimate of drug-likeness (QED) is 0.878. The maximum absolute atomic E-state index is 13.4. The molecule has 17 heavy (non-hydrogen) atoms. The Labute approximate surface area is 95.7 Å². The lowest BCUT2D eigenvalue weighted by Crippen LogP contribution is -1.98. The number of hydrogen-bond donors (Lipinski definition) is 1. The maximum atomic E-state index is 13.4. The van der Waals surface area contributed by atoms with Crippen molar-refractivity contribution in [1.29, 1.82) is 0 Å². The van der Waals surface area contributed by atoms with Crippen LogP contribution in [0.1, 0.15) is 12.0 Å². The molecule has 2 aromatic rings. The number of nitrogen functional groups attached to an aromatic ring is 1. The summed E-state index contributed by atoms with van der Waals surface area (Å²) in [6.07, 6.45) is -1.40. The van der Waals surface area contributed by atoms with E-state index in [1.807, 2.05) is 0 Å². The smallest absolute Gasteiger partial charge is 0.266 e. The van der Waals surface area contributed by atoms with Gasteiger partial charge in [0.25, 0.3) is 6.43 Å². The molecule has 0 atom stereocenters. The molecule has 0 unspecified atom stereocenters. The van der Waals surface area contributed by atoms with Crippen molar-refractivity contribution in [2.45, 2.75) is 6.43 Å². The van der Waals surface area contributed by atoms with Gasteiger partial charge in [-0.25, -0.2) is 13.2 Å². The van der Waals surface area contributed by atoms with E-state index < -0.39 is 17.8 Å². The monoisotopic (exact) mass is 241 g/mol. The summed E-state index contributed by atoms with van der Waals surface area (Å²) in [4.78, 5) is 0. The van der Waals surface area contributed by atoms with E-state index in [4.69, 9.17) is 5.73 Å².